The van der Waals surface area contributed by atoms with Crippen LogP contribution in [-0.2, 0) is 5.60 Å². The Kier molecular flexibility index (Phi) is 3.96. The molecule has 6 heteroatoms. The number of aromatic nitrogens is 3. The van der Waals surface area contributed by atoms with E-state index < -0.39 is 12.3 Å². The summed E-state index contributed by atoms with van der Waals surface area (Å²) in [6.07, 6.45) is 3.42. The van der Waals surface area contributed by atoms with Crippen molar-refractivity contribution in [3.8, 4) is 5.69 Å². The Morgan fingerprint density at radius 3 is 2.66 bits per heavy atom. The number of nitrogens with zero attached hydrogens (tertiary/aromatic N) is 2. The third-order valence-corrected chi connectivity index (χ3v) is 5.35. The average molecular weight is 389 g/mol. The second-order valence-corrected chi connectivity index (χ2v) is 7.04. The van der Waals surface area contributed by atoms with Crippen LogP contribution in [0.3, 0.4) is 0 Å². The molecule has 0 saturated heterocycles. The minimum atomic E-state index is -1.78. The van der Waals surface area contributed by atoms with Gasteiger partial charge in [-0.05, 0) is 59.7 Å². The van der Waals surface area contributed by atoms with E-state index in [0.717, 1.165) is 21.8 Å². The SMILES string of the molecule is OC(CF)(c1ccc2c(cnn2-c2ccc(F)cc2)c1)c1cccc2[nH]ccc12. The smallest absolute Gasteiger partial charge is 0.143 e. The van der Waals surface area contributed by atoms with Gasteiger partial charge in [0.15, 0.2) is 0 Å². The highest BCUT2D eigenvalue weighted by Crippen LogP contribution is 2.36. The lowest BCUT2D eigenvalue weighted by Gasteiger charge is -2.27. The molecule has 4 nitrogen and oxygen atoms in total. The van der Waals surface area contributed by atoms with Crippen LogP contribution in [0.1, 0.15) is 11.1 Å². The molecule has 1 unspecified atom stereocenters. The summed E-state index contributed by atoms with van der Waals surface area (Å²) in [5.41, 5.74) is 1.49. The summed E-state index contributed by atoms with van der Waals surface area (Å²) >= 11 is 0. The number of halogens is 2. The molecule has 0 aliphatic carbocycles. The quantitative estimate of drug-likeness (QED) is 0.462. The first kappa shape index (κ1) is 17.6. The van der Waals surface area contributed by atoms with E-state index in [4.69, 9.17) is 0 Å². The van der Waals surface area contributed by atoms with Crippen molar-refractivity contribution in [2.24, 2.45) is 0 Å². The van der Waals surface area contributed by atoms with Crippen LogP contribution >= 0.6 is 0 Å². The molecule has 5 aromatic rings. The summed E-state index contributed by atoms with van der Waals surface area (Å²) in [5, 5.41) is 17.2. The van der Waals surface area contributed by atoms with Crippen LogP contribution in [0, 0.1) is 5.82 Å². The van der Waals surface area contributed by atoms with E-state index in [-0.39, 0.29) is 5.82 Å². The largest absolute Gasteiger partial charge is 0.378 e. The molecule has 29 heavy (non-hydrogen) atoms. The number of hydrogen-bond donors (Lipinski definition) is 2. The lowest BCUT2D eigenvalue weighted by atomic mass is 9.85. The second-order valence-electron chi connectivity index (χ2n) is 7.04. The Hall–Kier alpha value is -3.51. The maximum absolute atomic E-state index is 14.2. The number of H-pyrrole nitrogens is 1. The molecule has 2 heterocycles. The van der Waals surface area contributed by atoms with Gasteiger partial charge in [-0.15, -0.1) is 0 Å². The van der Waals surface area contributed by atoms with Crippen molar-refractivity contribution in [1.82, 2.24) is 14.8 Å². The van der Waals surface area contributed by atoms with Crippen LogP contribution < -0.4 is 0 Å². The van der Waals surface area contributed by atoms with Crippen molar-refractivity contribution in [1.29, 1.82) is 0 Å². The second kappa shape index (κ2) is 6.53. The Bertz CT molecular complexity index is 1320. The molecular formula is C23H17F2N3O. The van der Waals surface area contributed by atoms with E-state index in [1.807, 2.05) is 12.1 Å². The maximum atomic E-state index is 14.2. The zero-order valence-corrected chi connectivity index (χ0v) is 15.3. The molecule has 2 N–H and O–H groups in total. The first-order chi connectivity index (χ1) is 14.1. The van der Waals surface area contributed by atoms with Gasteiger partial charge in [-0.25, -0.2) is 13.5 Å². The molecule has 0 fully saturated rings. The Morgan fingerprint density at radius 2 is 1.86 bits per heavy atom. The fourth-order valence-corrected chi connectivity index (χ4v) is 3.83. The number of fused-ring (bicyclic) bond motifs is 2. The molecule has 2 aromatic heterocycles. The number of benzene rings is 3. The number of hydrogen-bond acceptors (Lipinski definition) is 2. The molecule has 0 aliphatic rings. The molecule has 0 bridgehead atoms. The van der Waals surface area contributed by atoms with Crippen molar-refractivity contribution in [3.05, 3.63) is 96.1 Å². The number of nitrogens with one attached hydrogen (secondary N) is 1. The third kappa shape index (κ3) is 2.72. The summed E-state index contributed by atoms with van der Waals surface area (Å²) in [5.74, 6) is -0.320. The van der Waals surface area contributed by atoms with Crippen molar-refractivity contribution in [2.75, 3.05) is 6.67 Å². The summed E-state index contributed by atoms with van der Waals surface area (Å²) in [4.78, 5) is 3.09. The fraction of sp³-hybridized carbons (Fsp3) is 0.0870. The van der Waals surface area contributed by atoms with Gasteiger partial charge in [-0.2, -0.15) is 5.10 Å². The van der Waals surface area contributed by atoms with Gasteiger partial charge in [-0.3, -0.25) is 0 Å². The molecule has 1 atom stereocenters. The number of aromatic amines is 1. The van der Waals surface area contributed by atoms with E-state index in [0.29, 0.717) is 16.8 Å². The normalized spacial score (nSPS) is 13.8. The van der Waals surface area contributed by atoms with Gasteiger partial charge in [0, 0.05) is 22.5 Å². The lowest BCUT2D eigenvalue weighted by Crippen LogP contribution is -2.30. The highest BCUT2D eigenvalue weighted by Gasteiger charge is 2.34. The monoisotopic (exact) mass is 389 g/mol. The van der Waals surface area contributed by atoms with Crippen LogP contribution in [0.25, 0.3) is 27.5 Å². The minimum Gasteiger partial charge on any atom is -0.378 e. The molecule has 0 aliphatic heterocycles. The topological polar surface area (TPSA) is 53.8 Å². The van der Waals surface area contributed by atoms with E-state index in [1.54, 1.807) is 59.5 Å². The van der Waals surface area contributed by atoms with E-state index in [1.165, 1.54) is 12.1 Å². The standard InChI is InChI=1S/C23H17F2N3O/c24-14-23(29,20-2-1-3-21-19(20)10-11-26-21)16-4-9-22-15(12-16)13-27-28(22)18-7-5-17(25)6-8-18/h1-13,26,29H,14H2. The van der Waals surface area contributed by atoms with Gasteiger partial charge in [0.1, 0.15) is 18.1 Å². The fourth-order valence-electron chi connectivity index (χ4n) is 3.83. The van der Waals surface area contributed by atoms with Crippen LogP contribution in [0.15, 0.2) is 79.1 Å². The first-order valence-corrected chi connectivity index (χ1v) is 9.19. The highest BCUT2D eigenvalue weighted by atomic mass is 19.1. The van der Waals surface area contributed by atoms with Crippen molar-refractivity contribution in [3.63, 3.8) is 0 Å². The minimum absolute atomic E-state index is 0.320. The van der Waals surface area contributed by atoms with Crippen LogP contribution in [0.5, 0.6) is 0 Å². The van der Waals surface area contributed by atoms with Gasteiger partial charge >= 0.3 is 0 Å². The van der Waals surface area contributed by atoms with Gasteiger partial charge < -0.3 is 10.1 Å². The van der Waals surface area contributed by atoms with Crippen molar-refractivity contribution >= 4 is 21.8 Å². The van der Waals surface area contributed by atoms with Crippen LogP contribution in [-0.4, -0.2) is 26.5 Å². The molecular weight excluding hydrogens is 372 g/mol. The predicted octanol–water partition coefficient (Wildman–Crippen LogP) is 4.85. The number of aliphatic hydroxyl groups is 1. The maximum Gasteiger partial charge on any atom is 0.143 e. The number of rotatable bonds is 4. The van der Waals surface area contributed by atoms with Gasteiger partial charge in [0.25, 0.3) is 0 Å². The van der Waals surface area contributed by atoms with E-state index in [2.05, 4.69) is 10.1 Å². The molecule has 3 aromatic carbocycles. The molecule has 5 rings (SSSR count). The van der Waals surface area contributed by atoms with E-state index in [9.17, 15) is 13.9 Å². The van der Waals surface area contributed by atoms with Crippen molar-refractivity contribution < 1.29 is 13.9 Å². The Balaban J connectivity index is 1.64. The zero-order valence-electron chi connectivity index (χ0n) is 15.3. The molecule has 0 saturated carbocycles. The van der Waals surface area contributed by atoms with Crippen LogP contribution in [0.4, 0.5) is 8.78 Å². The van der Waals surface area contributed by atoms with Crippen molar-refractivity contribution in [2.45, 2.75) is 5.60 Å². The zero-order chi connectivity index (χ0) is 20.0. The average Bonchev–Trinajstić information content (AvgIpc) is 3.40. The summed E-state index contributed by atoms with van der Waals surface area (Å²) in [7, 11) is 0. The molecule has 0 spiro atoms. The summed E-state index contributed by atoms with van der Waals surface area (Å²) in [6, 6.07) is 18.5. The molecule has 0 radical (unpaired) electrons. The predicted molar refractivity (Wildman–Crippen MR) is 108 cm³/mol. The lowest BCUT2D eigenvalue weighted by molar-refractivity contribution is 0.0534. The van der Waals surface area contributed by atoms with Gasteiger partial charge in [0.05, 0.1) is 17.4 Å². The highest BCUT2D eigenvalue weighted by molar-refractivity contribution is 5.85. The third-order valence-electron chi connectivity index (χ3n) is 5.35. The van der Waals surface area contributed by atoms with Gasteiger partial charge in [-0.1, -0.05) is 18.2 Å². The van der Waals surface area contributed by atoms with Gasteiger partial charge in [0.2, 0.25) is 0 Å². The first-order valence-electron chi connectivity index (χ1n) is 9.19. The Morgan fingerprint density at radius 1 is 1.03 bits per heavy atom. The van der Waals surface area contributed by atoms with Crippen LogP contribution in [0.2, 0.25) is 0 Å². The summed E-state index contributed by atoms with van der Waals surface area (Å²) in [6.45, 7) is -0.963. The molecule has 144 valence electrons. The molecule has 0 amide bonds. The summed E-state index contributed by atoms with van der Waals surface area (Å²) < 4.78 is 29.1. The Labute approximate surface area is 165 Å². The number of alkyl halides is 1. The van der Waals surface area contributed by atoms with E-state index >= 15 is 0 Å².